The van der Waals surface area contributed by atoms with E-state index < -0.39 is 4.92 Å². The summed E-state index contributed by atoms with van der Waals surface area (Å²) in [5, 5.41) is 22.9. The van der Waals surface area contributed by atoms with Crippen molar-refractivity contribution in [2.45, 2.75) is 0 Å². The van der Waals surface area contributed by atoms with Gasteiger partial charge in [-0.1, -0.05) is 11.6 Å². The van der Waals surface area contributed by atoms with Crippen LogP contribution in [0.1, 0.15) is 5.56 Å². The van der Waals surface area contributed by atoms with Crippen LogP contribution in [-0.2, 0) is 0 Å². The number of halogens is 1. The highest BCUT2D eigenvalue weighted by molar-refractivity contribution is 6.33. The van der Waals surface area contributed by atoms with Crippen LogP contribution in [0.15, 0.2) is 30.5 Å². The van der Waals surface area contributed by atoms with Crippen LogP contribution in [0.3, 0.4) is 0 Å². The highest BCUT2D eigenvalue weighted by Crippen LogP contribution is 2.28. The van der Waals surface area contributed by atoms with Crippen LogP contribution in [0.25, 0.3) is 0 Å². The number of nitro groups is 1. The monoisotopic (exact) mass is 289 g/mol. The summed E-state index contributed by atoms with van der Waals surface area (Å²) >= 11 is 5.99. The number of aromatic nitrogens is 1. The standard InChI is InChI=1S/C12H8ClN5O2/c13-10-2-1-8(15)4-11(10)17-12-7(5-14)3-9(6-16-12)18(19)20/h1-4,6H,15H2,(H,16,17). The number of benzene rings is 1. The van der Waals surface area contributed by atoms with Gasteiger partial charge >= 0.3 is 0 Å². The van der Waals surface area contributed by atoms with Crippen molar-refractivity contribution < 1.29 is 4.92 Å². The molecule has 100 valence electrons. The quantitative estimate of drug-likeness (QED) is 0.509. The molecule has 20 heavy (non-hydrogen) atoms. The lowest BCUT2D eigenvalue weighted by atomic mass is 10.2. The Labute approximate surface area is 118 Å². The van der Waals surface area contributed by atoms with Gasteiger partial charge in [0.2, 0.25) is 0 Å². The zero-order valence-corrected chi connectivity index (χ0v) is 10.8. The summed E-state index contributed by atoms with van der Waals surface area (Å²) in [5.41, 5.74) is 6.37. The molecule has 1 heterocycles. The Balaban J connectivity index is 2.41. The fourth-order valence-corrected chi connectivity index (χ4v) is 1.67. The molecule has 0 bridgehead atoms. The fraction of sp³-hybridized carbons (Fsp3) is 0. The molecule has 8 heteroatoms. The first kappa shape index (κ1) is 13.6. The summed E-state index contributed by atoms with van der Waals surface area (Å²) in [6.07, 6.45) is 1.06. The molecule has 0 fully saturated rings. The van der Waals surface area contributed by atoms with Crippen molar-refractivity contribution in [3.05, 3.63) is 51.2 Å². The summed E-state index contributed by atoms with van der Waals surface area (Å²) < 4.78 is 0. The van der Waals surface area contributed by atoms with Crippen molar-refractivity contribution in [1.82, 2.24) is 4.98 Å². The largest absolute Gasteiger partial charge is 0.399 e. The number of nitrogen functional groups attached to an aromatic ring is 1. The van der Waals surface area contributed by atoms with E-state index in [-0.39, 0.29) is 17.1 Å². The number of nitrogens with one attached hydrogen (secondary N) is 1. The molecule has 0 saturated carbocycles. The van der Waals surface area contributed by atoms with E-state index in [4.69, 9.17) is 22.6 Å². The number of hydrogen-bond acceptors (Lipinski definition) is 6. The van der Waals surface area contributed by atoms with Gasteiger partial charge in [0.1, 0.15) is 23.6 Å². The zero-order chi connectivity index (χ0) is 14.7. The van der Waals surface area contributed by atoms with E-state index in [0.717, 1.165) is 12.3 Å². The number of nitrogens with zero attached hydrogens (tertiary/aromatic N) is 3. The lowest BCUT2D eigenvalue weighted by Gasteiger charge is -2.09. The minimum absolute atomic E-state index is 0.0395. The van der Waals surface area contributed by atoms with Crippen molar-refractivity contribution in [2.75, 3.05) is 11.1 Å². The maximum Gasteiger partial charge on any atom is 0.289 e. The third-order valence-corrected chi connectivity index (χ3v) is 2.78. The molecule has 0 saturated heterocycles. The van der Waals surface area contributed by atoms with E-state index in [9.17, 15) is 10.1 Å². The summed E-state index contributed by atoms with van der Waals surface area (Å²) in [5.74, 6) is 0.172. The smallest absolute Gasteiger partial charge is 0.289 e. The highest BCUT2D eigenvalue weighted by atomic mass is 35.5. The predicted molar refractivity (Wildman–Crippen MR) is 74.8 cm³/mol. The Morgan fingerprint density at radius 1 is 1.45 bits per heavy atom. The molecule has 1 aromatic heterocycles. The second-order valence-corrected chi connectivity index (χ2v) is 4.23. The van der Waals surface area contributed by atoms with Crippen LogP contribution in [0, 0.1) is 21.4 Å². The minimum atomic E-state index is -0.620. The molecule has 2 aromatic rings. The van der Waals surface area contributed by atoms with Crippen LogP contribution >= 0.6 is 11.6 Å². The molecule has 0 aliphatic carbocycles. The number of nitriles is 1. The van der Waals surface area contributed by atoms with Crippen LogP contribution < -0.4 is 11.1 Å². The van der Waals surface area contributed by atoms with Gasteiger partial charge in [0.05, 0.1) is 15.6 Å². The molecule has 2 rings (SSSR count). The number of hydrogen-bond donors (Lipinski definition) is 2. The average molecular weight is 290 g/mol. The molecule has 3 N–H and O–H groups in total. The summed E-state index contributed by atoms with van der Waals surface area (Å²) in [7, 11) is 0. The van der Waals surface area contributed by atoms with Gasteiger partial charge in [-0.2, -0.15) is 5.26 Å². The first-order chi connectivity index (χ1) is 9.51. The van der Waals surface area contributed by atoms with Crippen molar-refractivity contribution in [3.63, 3.8) is 0 Å². The van der Waals surface area contributed by atoms with Gasteiger partial charge in [0.25, 0.3) is 5.69 Å². The molecule has 7 nitrogen and oxygen atoms in total. The Morgan fingerprint density at radius 3 is 2.85 bits per heavy atom. The third-order valence-electron chi connectivity index (χ3n) is 2.45. The van der Waals surface area contributed by atoms with E-state index in [1.54, 1.807) is 18.2 Å². The molecule has 0 aliphatic heterocycles. The first-order valence-corrected chi connectivity index (χ1v) is 5.75. The second kappa shape index (κ2) is 5.42. The third kappa shape index (κ3) is 2.76. The molecule has 0 radical (unpaired) electrons. The van der Waals surface area contributed by atoms with Crippen molar-refractivity contribution in [2.24, 2.45) is 0 Å². The van der Waals surface area contributed by atoms with E-state index in [2.05, 4.69) is 10.3 Å². The topological polar surface area (TPSA) is 118 Å². The Morgan fingerprint density at radius 2 is 2.20 bits per heavy atom. The summed E-state index contributed by atoms with van der Waals surface area (Å²) in [6, 6.07) is 7.77. The fourth-order valence-electron chi connectivity index (χ4n) is 1.50. The Bertz CT molecular complexity index is 726. The van der Waals surface area contributed by atoms with Crippen LogP contribution in [0.4, 0.5) is 22.9 Å². The van der Waals surface area contributed by atoms with Crippen molar-refractivity contribution in [3.8, 4) is 6.07 Å². The van der Waals surface area contributed by atoms with E-state index in [1.807, 2.05) is 6.07 Å². The summed E-state index contributed by atoms with van der Waals surface area (Å²) in [6.45, 7) is 0. The van der Waals surface area contributed by atoms with Crippen molar-refractivity contribution >= 4 is 34.5 Å². The van der Waals surface area contributed by atoms with Crippen LogP contribution in [0.5, 0.6) is 0 Å². The van der Waals surface area contributed by atoms with Gasteiger partial charge in [0.15, 0.2) is 0 Å². The predicted octanol–water partition coefficient (Wildman–Crippen LogP) is 2.84. The van der Waals surface area contributed by atoms with Gasteiger partial charge < -0.3 is 11.1 Å². The number of pyridine rings is 1. The van der Waals surface area contributed by atoms with Gasteiger partial charge in [-0.25, -0.2) is 4.98 Å². The molecule has 0 amide bonds. The van der Waals surface area contributed by atoms with Gasteiger partial charge in [0, 0.05) is 11.8 Å². The van der Waals surface area contributed by atoms with E-state index in [0.29, 0.717) is 16.4 Å². The molecule has 0 aliphatic rings. The minimum Gasteiger partial charge on any atom is -0.399 e. The van der Waals surface area contributed by atoms with Gasteiger partial charge in [-0.05, 0) is 18.2 Å². The normalized spacial score (nSPS) is 9.80. The van der Waals surface area contributed by atoms with E-state index in [1.165, 1.54) is 0 Å². The summed E-state index contributed by atoms with van der Waals surface area (Å²) in [4.78, 5) is 13.9. The second-order valence-electron chi connectivity index (χ2n) is 3.82. The van der Waals surface area contributed by atoms with Gasteiger partial charge in [-0.3, -0.25) is 10.1 Å². The van der Waals surface area contributed by atoms with Crippen LogP contribution in [0.2, 0.25) is 5.02 Å². The molecule has 0 spiro atoms. The SMILES string of the molecule is N#Cc1cc([N+](=O)[O-])cnc1Nc1cc(N)ccc1Cl. The van der Waals surface area contributed by atoms with Gasteiger partial charge in [-0.15, -0.1) is 0 Å². The van der Waals surface area contributed by atoms with Crippen molar-refractivity contribution in [1.29, 1.82) is 5.26 Å². The number of anilines is 3. The Hall–Kier alpha value is -2.85. The molecular formula is C12H8ClN5O2. The lowest BCUT2D eigenvalue weighted by molar-refractivity contribution is -0.385. The maximum absolute atomic E-state index is 10.6. The average Bonchev–Trinajstić information content (AvgIpc) is 2.43. The Kier molecular flexibility index (Phi) is 3.68. The molecule has 0 unspecified atom stereocenters. The molecule has 0 atom stereocenters. The zero-order valence-electron chi connectivity index (χ0n) is 10.0. The number of rotatable bonds is 3. The highest BCUT2D eigenvalue weighted by Gasteiger charge is 2.13. The lowest BCUT2D eigenvalue weighted by Crippen LogP contribution is -2.00. The first-order valence-electron chi connectivity index (χ1n) is 5.38. The molecular weight excluding hydrogens is 282 g/mol. The molecule has 1 aromatic carbocycles. The van der Waals surface area contributed by atoms with Crippen LogP contribution in [-0.4, -0.2) is 9.91 Å². The maximum atomic E-state index is 10.6. The van der Waals surface area contributed by atoms with E-state index >= 15 is 0 Å². The number of nitrogens with two attached hydrogens (primary N) is 1.